The first-order valence-electron chi connectivity index (χ1n) is 6.08. The molecule has 88 valence electrons. The summed E-state index contributed by atoms with van der Waals surface area (Å²) in [4.78, 5) is 5.85. The standard InChI is InChI=1S/C13H20N2S/c1-10(2)12-8-15-13(16-12)9-14-11-6-4-3-5-7-11/h3-4,8,10-11,14H,5-7,9H2,1-2H3. The number of rotatable bonds is 4. The van der Waals surface area contributed by atoms with Gasteiger partial charge in [0.25, 0.3) is 0 Å². The Bertz CT molecular complexity index is 355. The Labute approximate surface area is 102 Å². The molecule has 0 saturated carbocycles. The summed E-state index contributed by atoms with van der Waals surface area (Å²) in [6.07, 6.45) is 10.2. The van der Waals surface area contributed by atoms with Gasteiger partial charge in [0.05, 0.1) is 0 Å². The summed E-state index contributed by atoms with van der Waals surface area (Å²) < 4.78 is 0. The molecule has 0 amide bonds. The normalized spacial score (nSPS) is 20.6. The highest BCUT2D eigenvalue weighted by molar-refractivity contribution is 7.11. The highest BCUT2D eigenvalue weighted by Gasteiger charge is 2.10. The molecule has 0 spiro atoms. The van der Waals surface area contributed by atoms with Crippen molar-refractivity contribution in [3.05, 3.63) is 28.2 Å². The maximum absolute atomic E-state index is 4.46. The monoisotopic (exact) mass is 236 g/mol. The fourth-order valence-electron chi connectivity index (χ4n) is 1.88. The van der Waals surface area contributed by atoms with Gasteiger partial charge in [-0.25, -0.2) is 4.98 Å². The second-order valence-electron chi connectivity index (χ2n) is 4.67. The van der Waals surface area contributed by atoms with E-state index in [9.17, 15) is 0 Å². The van der Waals surface area contributed by atoms with Crippen molar-refractivity contribution in [2.45, 2.75) is 51.6 Å². The van der Waals surface area contributed by atoms with Crippen LogP contribution in [0.1, 0.15) is 48.9 Å². The minimum absolute atomic E-state index is 0.601. The van der Waals surface area contributed by atoms with Crippen molar-refractivity contribution >= 4 is 11.3 Å². The van der Waals surface area contributed by atoms with Gasteiger partial charge >= 0.3 is 0 Å². The lowest BCUT2D eigenvalue weighted by Gasteiger charge is -2.18. The van der Waals surface area contributed by atoms with E-state index in [4.69, 9.17) is 0 Å². The molecule has 0 bridgehead atoms. The van der Waals surface area contributed by atoms with Crippen molar-refractivity contribution in [2.24, 2.45) is 0 Å². The molecule has 1 aromatic rings. The molecular formula is C13H20N2S. The molecule has 1 atom stereocenters. The molecule has 1 heterocycles. The molecule has 0 fully saturated rings. The van der Waals surface area contributed by atoms with Gasteiger partial charge in [-0.2, -0.15) is 0 Å². The van der Waals surface area contributed by atoms with Crippen LogP contribution in [-0.2, 0) is 6.54 Å². The fraction of sp³-hybridized carbons (Fsp3) is 0.615. The Morgan fingerprint density at radius 1 is 1.50 bits per heavy atom. The van der Waals surface area contributed by atoms with Gasteiger partial charge in [-0.05, 0) is 25.2 Å². The topological polar surface area (TPSA) is 24.9 Å². The first kappa shape index (κ1) is 11.8. The second-order valence-corrected chi connectivity index (χ2v) is 5.82. The van der Waals surface area contributed by atoms with Crippen LogP contribution in [0.25, 0.3) is 0 Å². The quantitative estimate of drug-likeness (QED) is 0.810. The highest BCUT2D eigenvalue weighted by Crippen LogP contribution is 2.22. The predicted octanol–water partition coefficient (Wildman–Crippen LogP) is 3.46. The first-order chi connectivity index (χ1) is 7.75. The minimum atomic E-state index is 0.601. The Kier molecular flexibility index (Phi) is 4.13. The number of hydrogen-bond acceptors (Lipinski definition) is 3. The number of hydrogen-bond donors (Lipinski definition) is 1. The van der Waals surface area contributed by atoms with Crippen molar-refractivity contribution in [3.8, 4) is 0 Å². The zero-order chi connectivity index (χ0) is 11.4. The Balaban J connectivity index is 1.82. The Morgan fingerprint density at radius 3 is 3.00 bits per heavy atom. The van der Waals surface area contributed by atoms with E-state index in [-0.39, 0.29) is 0 Å². The molecule has 0 aliphatic heterocycles. The third-order valence-electron chi connectivity index (χ3n) is 2.95. The van der Waals surface area contributed by atoms with E-state index >= 15 is 0 Å². The van der Waals surface area contributed by atoms with Crippen molar-refractivity contribution < 1.29 is 0 Å². The maximum atomic E-state index is 4.46. The number of nitrogens with zero attached hydrogens (tertiary/aromatic N) is 1. The molecular weight excluding hydrogens is 216 g/mol. The van der Waals surface area contributed by atoms with Crippen LogP contribution in [-0.4, -0.2) is 11.0 Å². The molecule has 2 nitrogen and oxygen atoms in total. The van der Waals surface area contributed by atoms with Gasteiger partial charge in [0.1, 0.15) is 5.01 Å². The van der Waals surface area contributed by atoms with Gasteiger partial charge < -0.3 is 5.32 Å². The molecule has 1 aromatic heterocycles. The summed E-state index contributed by atoms with van der Waals surface area (Å²) in [5.74, 6) is 0.601. The predicted molar refractivity (Wildman–Crippen MR) is 69.8 cm³/mol. The third kappa shape index (κ3) is 3.16. The largest absolute Gasteiger partial charge is 0.307 e. The average Bonchev–Trinajstić information content (AvgIpc) is 2.76. The summed E-state index contributed by atoms with van der Waals surface area (Å²) in [6, 6.07) is 0.649. The summed E-state index contributed by atoms with van der Waals surface area (Å²) >= 11 is 1.84. The van der Waals surface area contributed by atoms with Gasteiger partial charge in [-0.15, -0.1) is 11.3 Å². The van der Waals surface area contributed by atoms with Gasteiger partial charge in [0.2, 0.25) is 0 Å². The summed E-state index contributed by atoms with van der Waals surface area (Å²) in [7, 11) is 0. The SMILES string of the molecule is CC(C)c1cnc(CNC2CC=CCC2)s1. The molecule has 16 heavy (non-hydrogen) atoms. The van der Waals surface area contributed by atoms with E-state index in [1.54, 1.807) is 0 Å². The smallest absolute Gasteiger partial charge is 0.107 e. The zero-order valence-electron chi connectivity index (χ0n) is 10.1. The zero-order valence-corrected chi connectivity index (χ0v) is 10.9. The van der Waals surface area contributed by atoms with E-state index in [1.807, 2.05) is 17.5 Å². The highest BCUT2D eigenvalue weighted by atomic mass is 32.1. The maximum Gasteiger partial charge on any atom is 0.107 e. The van der Waals surface area contributed by atoms with Crippen LogP contribution < -0.4 is 5.32 Å². The second kappa shape index (κ2) is 5.60. The van der Waals surface area contributed by atoms with Crippen LogP contribution in [0.3, 0.4) is 0 Å². The number of aromatic nitrogens is 1. The lowest BCUT2D eigenvalue weighted by Crippen LogP contribution is -2.29. The fourth-order valence-corrected chi connectivity index (χ4v) is 2.76. The van der Waals surface area contributed by atoms with E-state index in [1.165, 1.54) is 29.1 Å². The van der Waals surface area contributed by atoms with Crippen LogP contribution in [0.2, 0.25) is 0 Å². The number of thiazole rings is 1. The van der Waals surface area contributed by atoms with Crippen LogP contribution in [0, 0.1) is 0 Å². The summed E-state index contributed by atoms with van der Waals surface area (Å²) in [5, 5.41) is 4.81. The molecule has 0 saturated heterocycles. The van der Waals surface area contributed by atoms with Crippen molar-refractivity contribution in [1.82, 2.24) is 10.3 Å². The van der Waals surface area contributed by atoms with E-state index in [0.29, 0.717) is 12.0 Å². The summed E-state index contributed by atoms with van der Waals surface area (Å²) in [6.45, 7) is 5.36. The molecule has 1 unspecified atom stereocenters. The van der Waals surface area contributed by atoms with Gasteiger partial charge in [0.15, 0.2) is 0 Å². The van der Waals surface area contributed by atoms with Gasteiger partial charge in [-0.3, -0.25) is 0 Å². The molecule has 0 aromatic carbocycles. The minimum Gasteiger partial charge on any atom is -0.307 e. The van der Waals surface area contributed by atoms with Crippen molar-refractivity contribution in [1.29, 1.82) is 0 Å². The van der Waals surface area contributed by atoms with E-state index in [2.05, 4.69) is 36.3 Å². The average molecular weight is 236 g/mol. The third-order valence-corrected chi connectivity index (χ3v) is 4.25. The van der Waals surface area contributed by atoms with E-state index in [0.717, 1.165) is 6.54 Å². The van der Waals surface area contributed by atoms with Crippen LogP contribution in [0.4, 0.5) is 0 Å². The summed E-state index contributed by atoms with van der Waals surface area (Å²) in [5.41, 5.74) is 0. The Morgan fingerprint density at radius 2 is 2.38 bits per heavy atom. The lowest BCUT2D eigenvalue weighted by atomic mass is 10.0. The van der Waals surface area contributed by atoms with Gasteiger partial charge in [-0.1, -0.05) is 26.0 Å². The molecule has 1 N–H and O–H groups in total. The Hall–Kier alpha value is -0.670. The van der Waals surface area contributed by atoms with E-state index < -0.39 is 0 Å². The first-order valence-corrected chi connectivity index (χ1v) is 6.90. The number of nitrogens with one attached hydrogen (secondary N) is 1. The van der Waals surface area contributed by atoms with Crippen molar-refractivity contribution in [3.63, 3.8) is 0 Å². The molecule has 3 heteroatoms. The van der Waals surface area contributed by atoms with Crippen molar-refractivity contribution in [2.75, 3.05) is 0 Å². The molecule has 2 rings (SSSR count). The number of allylic oxidation sites excluding steroid dienone is 1. The molecule has 1 aliphatic carbocycles. The molecule has 1 aliphatic rings. The molecule has 0 radical (unpaired) electrons. The van der Waals surface area contributed by atoms with Crippen LogP contribution in [0.15, 0.2) is 18.3 Å². The van der Waals surface area contributed by atoms with Crippen LogP contribution in [0.5, 0.6) is 0 Å². The lowest BCUT2D eigenvalue weighted by molar-refractivity contribution is 0.474. The van der Waals surface area contributed by atoms with Crippen LogP contribution >= 0.6 is 11.3 Å². The van der Waals surface area contributed by atoms with Gasteiger partial charge in [0, 0.05) is 23.7 Å².